The summed E-state index contributed by atoms with van der Waals surface area (Å²) >= 11 is 5.35. The number of anilines is 1. The first-order valence-corrected chi connectivity index (χ1v) is 9.38. The Morgan fingerprint density at radius 1 is 1.14 bits per heavy atom. The van der Waals surface area contributed by atoms with Gasteiger partial charge in [0.25, 0.3) is 0 Å². The van der Waals surface area contributed by atoms with E-state index in [0.717, 1.165) is 22.3 Å². The van der Waals surface area contributed by atoms with Crippen LogP contribution in [0.25, 0.3) is 22.3 Å². The molecule has 0 saturated heterocycles. The van der Waals surface area contributed by atoms with Crippen molar-refractivity contribution in [3.8, 4) is 11.4 Å². The van der Waals surface area contributed by atoms with Crippen molar-refractivity contribution in [2.24, 2.45) is 0 Å². The van der Waals surface area contributed by atoms with Gasteiger partial charge in [-0.25, -0.2) is 0 Å². The van der Waals surface area contributed by atoms with Crippen molar-refractivity contribution in [2.45, 2.75) is 19.9 Å². The number of nitrogens with one attached hydrogen (secondary N) is 2. The van der Waals surface area contributed by atoms with Crippen LogP contribution in [0.4, 0.5) is 5.69 Å². The minimum atomic E-state index is -0.101. The Morgan fingerprint density at radius 2 is 1.93 bits per heavy atom. The van der Waals surface area contributed by atoms with Gasteiger partial charge in [0.1, 0.15) is 0 Å². The first-order valence-electron chi connectivity index (χ1n) is 8.97. The van der Waals surface area contributed by atoms with E-state index in [1.165, 1.54) is 5.56 Å². The minimum Gasteiger partial charge on any atom is -0.324 e. The lowest BCUT2D eigenvalue weighted by molar-refractivity contribution is -0.116. The molecule has 0 radical (unpaired) electrons. The van der Waals surface area contributed by atoms with E-state index < -0.39 is 0 Å². The van der Waals surface area contributed by atoms with Gasteiger partial charge in [-0.1, -0.05) is 48.0 Å². The van der Waals surface area contributed by atoms with Crippen molar-refractivity contribution in [3.63, 3.8) is 0 Å². The Labute approximate surface area is 167 Å². The second-order valence-corrected chi connectivity index (χ2v) is 6.94. The third-order valence-corrected chi connectivity index (χ3v) is 4.85. The minimum absolute atomic E-state index is 0.101. The molecule has 0 aliphatic rings. The lowest BCUT2D eigenvalue weighted by Crippen LogP contribution is -2.15. The highest BCUT2D eigenvalue weighted by atomic mass is 32.1. The SMILES string of the molecule is Cc1ccc(-c2n[nH]c(=S)n2CCC(=O)Nc2cccc3cccnc23)cc1. The molecule has 140 valence electrons. The fraction of sp³-hybridized carbons (Fsp3) is 0.143. The van der Waals surface area contributed by atoms with Crippen LogP contribution in [0.15, 0.2) is 60.8 Å². The van der Waals surface area contributed by atoms with Crippen LogP contribution in [0.2, 0.25) is 0 Å². The van der Waals surface area contributed by atoms with Gasteiger partial charge in [0.05, 0.1) is 11.2 Å². The van der Waals surface area contributed by atoms with Gasteiger partial charge in [-0.3, -0.25) is 19.4 Å². The van der Waals surface area contributed by atoms with Gasteiger partial charge < -0.3 is 5.32 Å². The highest BCUT2D eigenvalue weighted by Crippen LogP contribution is 2.21. The second kappa shape index (κ2) is 7.74. The summed E-state index contributed by atoms with van der Waals surface area (Å²) in [6.45, 7) is 2.47. The molecule has 4 rings (SSSR count). The van der Waals surface area contributed by atoms with E-state index in [0.29, 0.717) is 17.0 Å². The molecule has 2 heterocycles. The standard InChI is InChI=1S/C21H19N5OS/c1-14-7-9-16(10-8-14)20-24-25-21(28)26(20)13-11-18(27)23-17-6-2-4-15-5-3-12-22-19(15)17/h2-10,12H,11,13H2,1H3,(H,23,27)(H,25,28). The quantitative estimate of drug-likeness (QED) is 0.493. The van der Waals surface area contributed by atoms with E-state index in [2.05, 4.69) is 20.5 Å². The zero-order valence-electron chi connectivity index (χ0n) is 15.3. The van der Waals surface area contributed by atoms with Crippen LogP contribution < -0.4 is 5.32 Å². The molecule has 7 heteroatoms. The lowest BCUT2D eigenvalue weighted by atomic mass is 10.1. The summed E-state index contributed by atoms with van der Waals surface area (Å²) in [6.07, 6.45) is 1.99. The smallest absolute Gasteiger partial charge is 0.226 e. The van der Waals surface area contributed by atoms with Crippen LogP contribution in [0, 0.1) is 11.7 Å². The Hall–Kier alpha value is -3.32. The van der Waals surface area contributed by atoms with Crippen molar-refractivity contribution >= 4 is 34.7 Å². The van der Waals surface area contributed by atoms with Gasteiger partial charge >= 0.3 is 0 Å². The summed E-state index contributed by atoms with van der Waals surface area (Å²) in [5, 5.41) is 11.1. The summed E-state index contributed by atoms with van der Waals surface area (Å²) in [7, 11) is 0. The highest BCUT2D eigenvalue weighted by Gasteiger charge is 2.12. The fourth-order valence-corrected chi connectivity index (χ4v) is 3.30. The summed E-state index contributed by atoms with van der Waals surface area (Å²) < 4.78 is 2.34. The highest BCUT2D eigenvalue weighted by molar-refractivity contribution is 7.71. The van der Waals surface area contributed by atoms with Crippen LogP contribution in [0.5, 0.6) is 0 Å². The van der Waals surface area contributed by atoms with Gasteiger partial charge in [0, 0.05) is 30.1 Å². The average Bonchev–Trinajstić information content (AvgIpc) is 3.08. The number of hydrogen-bond acceptors (Lipinski definition) is 4. The number of pyridine rings is 1. The number of carbonyl (C=O) groups is 1. The zero-order chi connectivity index (χ0) is 19.5. The zero-order valence-corrected chi connectivity index (χ0v) is 16.2. The van der Waals surface area contributed by atoms with E-state index in [1.807, 2.05) is 66.1 Å². The van der Waals surface area contributed by atoms with Crippen molar-refractivity contribution in [1.82, 2.24) is 19.7 Å². The number of fused-ring (bicyclic) bond motifs is 1. The third kappa shape index (κ3) is 3.70. The summed E-state index contributed by atoms with van der Waals surface area (Å²) in [5.41, 5.74) is 3.61. The molecule has 28 heavy (non-hydrogen) atoms. The first-order chi connectivity index (χ1) is 13.6. The molecule has 0 aliphatic carbocycles. The number of H-pyrrole nitrogens is 1. The Balaban J connectivity index is 1.50. The number of rotatable bonds is 5. The molecule has 0 spiro atoms. The number of para-hydroxylation sites is 1. The van der Waals surface area contributed by atoms with E-state index in [4.69, 9.17) is 12.2 Å². The number of aryl methyl sites for hydroxylation is 1. The fourth-order valence-electron chi connectivity index (χ4n) is 3.08. The molecule has 6 nitrogen and oxygen atoms in total. The Kier molecular flexibility index (Phi) is 4.99. The van der Waals surface area contributed by atoms with Crippen LogP contribution in [-0.4, -0.2) is 25.7 Å². The summed E-state index contributed by atoms with van der Waals surface area (Å²) in [6, 6.07) is 17.6. The van der Waals surface area contributed by atoms with Gasteiger partial charge in [-0.2, -0.15) is 5.10 Å². The number of nitrogens with zero attached hydrogens (tertiary/aromatic N) is 3. The third-order valence-electron chi connectivity index (χ3n) is 4.54. The number of hydrogen-bond donors (Lipinski definition) is 2. The van der Waals surface area contributed by atoms with Crippen LogP contribution in [0.1, 0.15) is 12.0 Å². The molecular weight excluding hydrogens is 370 g/mol. The molecule has 2 N–H and O–H groups in total. The van der Waals surface area contributed by atoms with E-state index in [1.54, 1.807) is 6.20 Å². The molecule has 4 aromatic rings. The van der Waals surface area contributed by atoms with Gasteiger partial charge in [0.2, 0.25) is 5.91 Å². The molecular formula is C21H19N5OS. The molecule has 1 amide bonds. The Bertz CT molecular complexity index is 1190. The molecule has 0 fully saturated rings. The number of aromatic nitrogens is 4. The largest absolute Gasteiger partial charge is 0.324 e. The number of benzene rings is 2. The first kappa shape index (κ1) is 18.1. The molecule has 0 aliphatic heterocycles. The maximum absolute atomic E-state index is 12.5. The van der Waals surface area contributed by atoms with Crippen molar-refractivity contribution in [1.29, 1.82) is 0 Å². The van der Waals surface area contributed by atoms with Gasteiger partial charge in [-0.15, -0.1) is 0 Å². The van der Waals surface area contributed by atoms with Crippen LogP contribution >= 0.6 is 12.2 Å². The molecule has 0 unspecified atom stereocenters. The monoisotopic (exact) mass is 389 g/mol. The van der Waals surface area contributed by atoms with Crippen LogP contribution in [0.3, 0.4) is 0 Å². The predicted octanol–water partition coefficient (Wildman–Crippen LogP) is 4.49. The second-order valence-electron chi connectivity index (χ2n) is 6.55. The van der Waals surface area contributed by atoms with Crippen molar-refractivity contribution < 1.29 is 4.79 Å². The topological polar surface area (TPSA) is 75.6 Å². The molecule has 2 aromatic carbocycles. The van der Waals surface area contributed by atoms with Crippen molar-refractivity contribution in [3.05, 3.63) is 71.1 Å². The summed E-state index contributed by atoms with van der Waals surface area (Å²) in [5.74, 6) is 0.626. The van der Waals surface area contributed by atoms with E-state index in [9.17, 15) is 4.79 Å². The normalized spacial score (nSPS) is 10.9. The van der Waals surface area contributed by atoms with E-state index >= 15 is 0 Å². The molecule has 0 saturated carbocycles. The van der Waals surface area contributed by atoms with Gasteiger partial charge in [-0.05, 0) is 31.3 Å². The van der Waals surface area contributed by atoms with E-state index in [-0.39, 0.29) is 12.3 Å². The summed E-state index contributed by atoms with van der Waals surface area (Å²) in [4.78, 5) is 16.9. The van der Waals surface area contributed by atoms with Crippen LogP contribution in [-0.2, 0) is 11.3 Å². The Morgan fingerprint density at radius 3 is 2.75 bits per heavy atom. The maximum atomic E-state index is 12.5. The van der Waals surface area contributed by atoms with Gasteiger partial charge in [0.15, 0.2) is 10.6 Å². The average molecular weight is 389 g/mol. The maximum Gasteiger partial charge on any atom is 0.226 e. The predicted molar refractivity (Wildman–Crippen MR) is 113 cm³/mol. The molecule has 0 bridgehead atoms. The number of aromatic amines is 1. The molecule has 0 atom stereocenters. The number of amides is 1. The molecule has 2 aromatic heterocycles. The lowest BCUT2D eigenvalue weighted by Gasteiger charge is -2.10. The van der Waals surface area contributed by atoms with Crippen molar-refractivity contribution in [2.75, 3.05) is 5.32 Å². The number of carbonyl (C=O) groups excluding carboxylic acids is 1.